The molecule has 0 saturated carbocycles. The molecular weight excluding hydrogens is 349 g/mol. The minimum atomic E-state index is -4.47. The molecule has 8 heteroatoms. The number of aromatic nitrogens is 1. The maximum atomic E-state index is 12.8. The van der Waals surface area contributed by atoms with E-state index in [0.29, 0.717) is 0 Å². The van der Waals surface area contributed by atoms with E-state index in [9.17, 15) is 13.2 Å². The van der Waals surface area contributed by atoms with Crippen LogP contribution in [0.15, 0.2) is 34.8 Å². The van der Waals surface area contributed by atoms with Gasteiger partial charge in [-0.1, -0.05) is 15.9 Å². The molecule has 0 spiro atoms. The average molecular weight is 357 g/mol. The van der Waals surface area contributed by atoms with Gasteiger partial charge in [0.1, 0.15) is 11.9 Å². The fourth-order valence-corrected chi connectivity index (χ4v) is 2.07. The van der Waals surface area contributed by atoms with Gasteiger partial charge in [0.25, 0.3) is 0 Å². The molecule has 1 aromatic carbocycles. The normalized spacial score (nSPS) is 11.0. The Morgan fingerprint density at radius 3 is 2.57 bits per heavy atom. The van der Waals surface area contributed by atoms with Crippen molar-refractivity contribution in [1.82, 2.24) is 4.98 Å². The van der Waals surface area contributed by atoms with Crippen molar-refractivity contribution in [3.63, 3.8) is 0 Å². The second-order valence-corrected chi connectivity index (χ2v) is 4.92. The number of alkyl halides is 3. The van der Waals surface area contributed by atoms with Crippen molar-refractivity contribution >= 4 is 33.1 Å². The Morgan fingerprint density at radius 1 is 1.24 bits per heavy atom. The molecule has 0 amide bonds. The van der Waals surface area contributed by atoms with E-state index in [4.69, 9.17) is 11.0 Å². The lowest BCUT2D eigenvalue weighted by Gasteiger charge is -2.12. The number of nitriles is 1. The minimum Gasteiger partial charge on any atom is -0.396 e. The molecule has 1 aromatic heterocycles. The van der Waals surface area contributed by atoms with E-state index in [2.05, 4.69) is 26.2 Å². The number of pyridine rings is 1. The number of nitrogens with zero attached hydrogens (tertiary/aromatic N) is 2. The highest BCUT2D eigenvalue weighted by Crippen LogP contribution is 2.36. The second-order valence-electron chi connectivity index (χ2n) is 4.06. The van der Waals surface area contributed by atoms with Gasteiger partial charge in [-0.3, -0.25) is 0 Å². The predicted molar refractivity (Wildman–Crippen MR) is 75.8 cm³/mol. The number of hydrogen-bond donors (Lipinski definition) is 2. The smallest absolute Gasteiger partial charge is 0.396 e. The molecule has 108 valence electrons. The Balaban J connectivity index is 2.35. The molecule has 2 rings (SSSR count). The van der Waals surface area contributed by atoms with E-state index in [1.54, 1.807) is 6.07 Å². The van der Waals surface area contributed by atoms with Gasteiger partial charge < -0.3 is 11.1 Å². The highest BCUT2D eigenvalue weighted by molar-refractivity contribution is 9.10. The van der Waals surface area contributed by atoms with Crippen molar-refractivity contribution in [1.29, 1.82) is 5.26 Å². The summed E-state index contributed by atoms with van der Waals surface area (Å²) in [4.78, 5) is 3.91. The number of nitrogen functional groups attached to an aromatic ring is 1. The molecule has 0 atom stereocenters. The van der Waals surface area contributed by atoms with Gasteiger partial charge in [0.15, 0.2) is 5.69 Å². The zero-order valence-corrected chi connectivity index (χ0v) is 12.0. The fraction of sp³-hybridized carbons (Fsp3) is 0.0769. The number of anilines is 3. The molecule has 0 fully saturated rings. The van der Waals surface area contributed by atoms with Crippen LogP contribution in [0.2, 0.25) is 0 Å². The van der Waals surface area contributed by atoms with Gasteiger partial charge in [-0.2, -0.15) is 18.4 Å². The number of hydrogen-bond acceptors (Lipinski definition) is 4. The Kier molecular flexibility index (Phi) is 4.04. The first-order valence-corrected chi connectivity index (χ1v) is 6.41. The Hall–Kier alpha value is -2.27. The lowest BCUT2D eigenvalue weighted by Crippen LogP contribution is -2.07. The first-order chi connectivity index (χ1) is 9.81. The third kappa shape index (κ3) is 3.44. The van der Waals surface area contributed by atoms with Gasteiger partial charge in [0.2, 0.25) is 0 Å². The van der Waals surface area contributed by atoms with Crippen LogP contribution < -0.4 is 11.1 Å². The largest absolute Gasteiger partial charge is 0.417 e. The van der Waals surface area contributed by atoms with Crippen molar-refractivity contribution in [2.24, 2.45) is 0 Å². The molecule has 0 aliphatic rings. The molecule has 4 nitrogen and oxygen atoms in total. The first-order valence-electron chi connectivity index (χ1n) is 5.61. The number of rotatable bonds is 2. The van der Waals surface area contributed by atoms with Crippen molar-refractivity contribution in [2.75, 3.05) is 11.1 Å². The summed E-state index contributed by atoms with van der Waals surface area (Å²) in [5.74, 6) is 0.233. The van der Waals surface area contributed by atoms with Gasteiger partial charge in [-0.15, -0.1) is 0 Å². The highest BCUT2D eigenvalue weighted by Gasteiger charge is 2.33. The third-order valence-corrected chi connectivity index (χ3v) is 3.27. The van der Waals surface area contributed by atoms with Gasteiger partial charge in [0.05, 0.1) is 11.3 Å². The lowest BCUT2D eigenvalue weighted by molar-refractivity contribution is -0.138. The number of nitrogens with one attached hydrogen (secondary N) is 1. The Labute approximate surface area is 126 Å². The highest BCUT2D eigenvalue weighted by atomic mass is 79.9. The summed E-state index contributed by atoms with van der Waals surface area (Å²) in [6, 6.07) is 8.44. The second kappa shape index (κ2) is 5.61. The third-order valence-electron chi connectivity index (χ3n) is 2.58. The SMILES string of the molecule is N#Cc1nc(Nc2ccc(Br)c(C(F)(F)F)c2)ccc1N. The molecule has 1 heterocycles. The molecule has 0 aliphatic carbocycles. The predicted octanol–water partition coefficient (Wildman–Crippen LogP) is 4.06. The van der Waals surface area contributed by atoms with E-state index in [1.807, 2.05) is 0 Å². The summed E-state index contributed by atoms with van der Waals surface area (Å²) in [5, 5.41) is 11.5. The van der Waals surface area contributed by atoms with Crippen molar-refractivity contribution in [3.8, 4) is 6.07 Å². The lowest BCUT2D eigenvalue weighted by atomic mass is 10.2. The average Bonchev–Trinajstić information content (AvgIpc) is 2.42. The zero-order chi connectivity index (χ0) is 15.6. The molecule has 0 bridgehead atoms. The van der Waals surface area contributed by atoms with Gasteiger partial charge in [-0.25, -0.2) is 4.98 Å². The van der Waals surface area contributed by atoms with E-state index < -0.39 is 11.7 Å². The van der Waals surface area contributed by atoms with Crippen LogP contribution in [0, 0.1) is 11.3 Å². The summed E-state index contributed by atoms with van der Waals surface area (Å²) in [5.41, 5.74) is 5.14. The van der Waals surface area contributed by atoms with E-state index in [-0.39, 0.29) is 27.4 Å². The van der Waals surface area contributed by atoms with Crippen LogP contribution in [0.4, 0.5) is 30.4 Å². The van der Waals surface area contributed by atoms with Crippen LogP contribution in [-0.4, -0.2) is 4.98 Å². The maximum absolute atomic E-state index is 12.8. The molecule has 0 radical (unpaired) electrons. The summed E-state index contributed by atoms with van der Waals surface area (Å²) in [7, 11) is 0. The van der Waals surface area contributed by atoms with Crippen molar-refractivity contribution in [2.45, 2.75) is 6.18 Å². The number of benzene rings is 1. The van der Waals surface area contributed by atoms with Gasteiger partial charge >= 0.3 is 6.18 Å². The molecule has 0 unspecified atom stereocenters. The Bertz CT molecular complexity index is 722. The van der Waals surface area contributed by atoms with Crippen LogP contribution in [0.3, 0.4) is 0 Å². The van der Waals surface area contributed by atoms with Crippen molar-refractivity contribution in [3.05, 3.63) is 46.1 Å². The van der Waals surface area contributed by atoms with Crippen LogP contribution in [0.1, 0.15) is 11.3 Å². The number of halogens is 4. The standard InChI is InChI=1S/C13H8BrF3N4/c14-9-2-1-7(5-8(9)13(15,16)17)20-12-4-3-10(19)11(6-18)21-12/h1-5H,19H2,(H,20,21). The van der Waals surface area contributed by atoms with Crippen LogP contribution in [0.5, 0.6) is 0 Å². The monoisotopic (exact) mass is 356 g/mol. The fourth-order valence-electron chi connectivity index (χ4n) is 1.60. The quantitative estimate of drug-likeness (QED) is 0.850. The van der Waals surface area contributed by atoms with Crippen LogP contribution in [-0.2, 0) is 6.18 Å². The minimum absolute atomic E-state index is 0.00755. The van der Waals surface area contributed by atoms with Crippen LogP contribution in [0.25, 0.3) is 0 Å². The molecular formula is C13H8BrF3N4. The molecule has 0 saturated heterocycles. The first kappa shape index (κ1) is 15.1. The zero-order valence-electron chi connectivity index (χ0n) is 10.4. The molecule has 2 aromatic rings. The summed E-state index contributed by atoms with van der Waals surface area (Å²) < 4.78 is 38.4. The topological polar surface area (TPSA) is 74.7 Å². The maximum Gasteiger partial charge on any atom is 0.417 e. The van der Waals surface area contributed by atoms with Gasteiger partial charge in [0, 0.05) is 10.2 Å². The van der Waals surface area contributed by atoms with E-state index in [0.717, 1.165) is 6.07 Å². The van der Waals surface area contributed by atoms with Gasteiger partial charge in [-0.05, 0) is 30.3 Å². The van der Waals surface area contributed by atoms with Crippen LogP contribution >= 0.6 is 15.9 Å². The molecule has 21 heavy (non-hydrogen) atoms. The summed E-state index contributed by atoms with van der Waals surface area (Å²) in [6.45, 7) is 0. The Morgan fingerprint density at radius 2 is 1.95 bits per heavy atom. The summed E-state index contributed by atoms with van der Waals surface area (Å²) in [6.07, 6.45) is -4.47. The molecule has 3 N–H and O–H groups in total. The van der Waals surface area contributed by atoms with E-state index >= 15 is 0 Å². The van der Waals surface area contributed by atoms with Crippen molar-refractivity contribution < 1.29 is 13.2 Å². The summed E-state index contributed by atoms with van der Waals surface area (Å²) >= 11 is 2.86. The number of nitrogens with two attached hydrogens (primary N) is 1. The van der Waals surface area contributed by atoms with E-state index in [1.165, 1.54) is 24.3 Å². The molecule has 0 aliphatic heterocycles.